The summed E-state index contributed by atoms with van der Waals surface area (Å²) in [7, 11) is 0. The van der Waals surface area contributed by atoms with E-state index >= 15 is 0 Å². The van der Waals surface area contributed by atoms with E-state index in [0.29, 0.717) is 12.8 Å². The topological polar surface area (TPSA) is 21.7 Å². The first-order valence-electron chi connectivity index (χ1n) is 6.49. The lowest BCUT2D eigenvalue weighted by Crippen LogP contribution is -2.25. The van der Waals surface area contributed by atoms with Crippen molar-refractivity contribution in [1.82, 2.24) is 0 Å². The number of fused-ring (bicyclic) bond motifs is 1. The van der Waals surface area contributed by atoms with E-state index in [4.69, 9.17) is 9.47 Å². The Morgan fingerprint density at radius 3 is 2.37 bits per heavy atom. The van der Waals surface area contributed by atoms with Crippen molar-refractivity contribution < 1.29 is 9.47 Å². The van der Waals surface area contributed by atoms with Crippen molar-refractivity contribution in [3.05, 3.63) is 48.5 Å². The van der Waals surface area contributed by atoms with Crippen LogP contribution in [0.2, 0.25) is 0 Å². The highest BCUT2D eigenvalue weighted by molar-refractivity contribution is 5.67. The predicted octanol–water partition coefficient (Wildman–Crippen LogP) is 3.96. The van der Waals surface area contributed by atoms with Crippen molar-refractivity contribution in [3.8, 4) is 11.5 Å². The Labute approximate surface area is 113 Å². The second-order valence-corrected chi connectivity index (χ2v) is 4.84. The number of rotatable bonds is 3. The van der Waals surface area contributed by atoms with Crippen LogP contribution in [0.4, 0.5) is 11.4 Å². The van der Waals surface area contributed by atoms with E-state index in [9.17, 15) is 0 Å². The zero-order valence-corrected chi connectivity index (χ0v) is 11.2. The Morgan fingerprint density at radius 1 is 0.895 bits per heavy atom. The summed E-state index contributed by atoms with van der Waals surface area (Å²) in [6.45, 7) is 4.67. The van der Waals surface area contributed by atoms with Gasteiger partial charge in [0.2, 0.25) is 6.79 Å². The van der Waals surface area contributed by atoms with Gasteiger partial charge in [-0.25, -0.2) is 0 Å². The zero-order chi connectivity index (χ0) is 13.2. The number of nitrogens with zero attached hydrogens (tertiary/aromatic N) is 1. The lowest BCUT2D eigenvalue weighted by molar-refractivity contribution is 0.174. The number of hydrogen-bond acceptors (Lipinski definition) is 3. The summed E-state index contributed by atoms with van der Waals surface area (Å²) in [4.78, 5) is 2.28. The number of anilines is 2. The highest BCUT2D eigenvalue weighted by atomic mass is 16.7. The summed E-state index contributed by atoms with van der Waals surface area (Å²) < 4.78 is 10.8. The minimum Gasteiger partial charge on any atom is -0.454 e. The molecular formula is C16H17NO2. The van der Waals surface area contributed by atoms with Crippen LogP contribution in [0.5, 0.6) is 11.5 Å². The molecule has 0 N–H and O–H groups in total. The molecule has 2 aromatic carbocycles. The number of ether oxygens (including phenoxy) is 2. The van der Waals surface area contributed by atoms with Gasteiger partial charge >= 0.3 is 0 Å². The van der Waals surface area contributed by atoms with E-state index in [1.54, 1.807) is 0 Å². The van der Waals surface area contributed by atoms with Crippen LogP contribution in [0.3, 0.4) is 0 Å². The first kappa shape index (κ1) is 11.9. The largest absolute Gasteiger partial charge is 0.454 e. The molecule has 0 aliphatic carbocycles. The molecule has 0 fully saturated rings. The van der Waals surface area contributed by atoms with Gasteiger partial charge in [0.25, 0.3) is 0 Å². The average molecular weight is 255 g/mol. The molecule has 1 aliphatic rings. The molecule has 0 amide bonds. The molecule has 19 heavy (non-hydrogen) atoms. The molecule has 0 saturated heterocycles. The summed E-state index contributed by atoms with van der Waals surface area (Å²) >= 11 is 0. The van der Waals surface area contributed by atoms with Crippen molar-refractivity contribution in [2.75, 3.05) is 11.7 Å². The van der Waals surface area contributed by atoms with E-state index in [1.165, 1.54) is 5.69 Å². The third kappa shape index (κ3) is 2.24. The predicted molar refractivity (Wildman–Crippen MR) is 76.3 cm³/mol. The molecule has 0 bridgehead atoms. The van der Waals surface area contributed by atoms with Crippen LogP contribution in [0.25, 0.3) is 0 Å². The molecule has 3 heteroatoms. The standard InChI is InChI=1S/C16H17NO2/c1-12(2)17(13-6-4-3-5-7-13)14-8-9-15-16(10-14)19-11-18-15/h3-10,12H,11H2,1-2H3. The first-order valence-corrected chi connectivity index (χ1v) is 6.49. The Hall–Kier alpha value is -2.16. The van der Waals surface area contributed by atoms with Crippen molar-refractivity contribution in [1.29, 1.82) is 0 Å². The minimum atomic E-state index is 0.311. The summed E-state index contributed by atoms with van der Waals surface area (Å²) in [5.74, 6) is 1.64. The molecule has 0 radical (unpaired) electrons. The van der Waals surface area contributed by atoms with E-state index in [-0.39, 0.29) is 0 Å². The molecule has 3 nitrogen and oxygen atoms in total. The number of para-hydroxylation sites is 1. The molecule has 0 atom stereocenters. The van der Waals surface area contributed by atoms with E-state index in [1.807, 2.05) is 18.2 Å². The zero-order valence-electron chi connectivity index (χ0n) is 11.2. The average Bonchev–Trinajstić information content (AvgIpc) is 2.87. The normalized spacial score (nSPS) is 12.8. The molecule has 3 rings (SSSR count). The summed E-state index contributed by atoms with van der Waals surface area (Å²) in [5.41, 5.74) is 2.29. The van der Waals surface area contributed by atoms with Crippen LogP contribution in [0.1, 0.15) is 13.8 Å². The molecule has 0 saturated carbocycles. The molecule has 1 heterocycles. The fraction of sp³-hybridized carbons (Fsp3) is 0.250. The van der Waals surface area contributed by atoms with Gasteiger partial charge in [0.1, 0.15) is 0 Å². The SMILES string of the molecule is CC(C)N(c1ccccc1)c1ccc2c(c1)OCO2. The number of benzene rings is 2. The molecule has 0 unspecified atom stereocenters. The van der Waals surface area contributed by atoms with Crippen LogP contribution >= 0.6 is 0 Å². The molecule has 0 aromatic heterocycles. The van der Waals surface area contributed by atoms with Gasteiger partial charge in [0.05, 0.1) is 0 Å². The Balaban J connectivity index is 2.01. The van der Waals surface area contributed by atoms with Crippen LogP contribution in [0, 0.1) is 0 Å². The van der Waals surface area contributed by atoms with Gasteiger partial charge in [-0.2, -0.15) is 0 Å². The highest BCUT2D eigenvalue weighted by Crippen LogP contribution is 2.38. The van der Waals surface area contributed by atoms with E-state index in [2.05, 4.69) is 49.1 Å². The molecule has 0 spiro atoms. The van der Waals surface area contributed by atoms with Crippen LogP contribution < -0.4 is 14.4 Å². The van der Waals surface area contributed by atoms with Crippen LogP contribution in [-0.2, 0) is 0 Å². The maximum absolute atomic E-state index is 5.46. The monoisotopic (exact) mass is 255 g/mol. The van der Waals surface area contributed by atoms with Crippen molar-refractivity contribution >= 4 is 11.4 Å². The van der Waals surface area contributed by atoms with Gasteiger partial charge in [0.15, 0.2) is 11.5 Å². The molecule has 2 aromatic rings. The number of hydrogen-bond donors (Lipinski definition) is 0. The van der Waals surface area contributed by atoms with Gasteiger partial charge < -0.3 is 14.4 Å². The summed E-state index contributed by atoms with van der Waals surface area (Å²) in [6, 6.07) is 16.8. The fourth-order valence-electron chi connectivity index (χ4n) is 2.37. The smallest absolute Gasteiger partial charge is 0.231 e. The lowest BCUT2D eigenvalue weighted by Gasteiger charge is -2.29. The van der Waals surface area contributed by atoms with Crippen LogP contribution in [-0.4, -0.2) is 12.8 Å². The maximum Gasteiger partial charge on any atom is 0.231 e. The summed E-state index contributed by atoms with van der Waals surface area (Å²) in [5, 5.41) is 0. The van der Waals surface area contributed by atoms with Gasteiger partial charge in [-0.05, 0) is 38.1 Å². The first-order chi connectivity index (χ1) is 9.25. The Bertz CT molecular complexity index is 566. The molecule has 98 valence electrons. The quantitative estimate of drug-likeness (QED) is 0.828. The van der Waals surface area contributed by atoms with Crippen molar-refractivity contribution in [2.45, 2.75) is 19.9 Å². The minimum absolute atomic E-state index is 0.311. The Morgan fingerprint density at radius 2 is 1.63 bits per heavy atom. The third-order valence-electron chi connectivity index (χ3n) is 3.19. The second-order valence-electron chi connectivity index (χ2n) is 4.84. The molecule has 1 aliphatic heterocycles. The van der Waals surface area contributed by atoms with Gasteiger partial charge in [0, 0.05) is 23.5 Å². The van der Waals surface area contributed by atoms with E-state index < -0.39 is 0 Å². The van der Waals surface area contributed by atoms with Crippen LogP contribution in [0.15, 0.2) is 48.5 Å². The van der Waals surface area contributed by atoms with Crippen molar-refractivity contribution in [3.63, 3.8) is 0 Å². The summed E-state index contributed by atoms with van der Waals surface area (Å²) in [6.07, 6.45) is 0. The molecular weight excluding hydrogens is 238 g/mol. The Kier molecular flexibility index (Phi) is 3.03. The highest BCUT2D eigenvalue weighted by Gasteiger charge is 2.18. The van der Waals surface area contributed by atoms with Gasteiger partial charge in [-0.15, -0.1) is 0 Å². The third-order valence-corrected chi connectivity index (χ3v) is 3.19. The second kappa shape index (κ2) is 4.84. The maximum atomic E-state index is 5.46. The lowest BCUT2D eigenvalue weighted by atomic mass is 10.2. The van der Waals surface area contributed by atoms with Gasteiger partial charge in [-0.3, -0.25) is 0 Å². The van der Waals surface area contributed by atoms with Crippen molar-refractivity contribution in [2.24, 2.45) is 0 Å². The van der Waals surface area contributed by atoms with E-state index in [0.717, 1.165) is 17.2 Å². The van der Waals surface area contributed by atoms with Gasteiger partial charge in [-0.1, -0.05) is 18.2 Å². The fourth-order valence-corrected chi connectivity index (χ4v) is 2.37.